The van der Waals surface area contributed by atoms with Gasteiger partial charge < -0.3 is 5.32 Å². The molecule has 4 heteroatoms. The lowest BCUT2D eigenvalue weighted by Crippen LogP contribution is -2.29. The minimum absolute atomic E-state index is 0.0248. The maximum atomic E-state index is 12.5. The third kappa shape index (κ3) is 4.28. The van der Waals surface area contributed by atoms with Crippen molar-refractivity contribution in [3.63, 3.8) is 0 Å². The van der Waals surface area contributed by atoms with Gasteiger partial charge in [-0.3, -0.25) is 4.79 Å². The molecule has 1 heterocycles. The number of hydrogen-bond donors (Lipinski definition) is 1. The second kappa shape index (κ2) is 8.49. The van der Waals surface area contributed by atoms with Crippen molar-refractivity contribution in [2.24, 2.45) is 0 Å². The highest BCUT2D eigenvalue weighted by atomic mass is 16.1. The number of aromatic nitrogens is 2. The van der Waals surface area contributed by atoms with E-state index in [1.165, 1.54) is 0 Å². The van der Waals surface area contributed by atoms with Crippen molar-refractivity contribution in [3.05, 3.63) is 52.3 Å². The Hall–Kier alpha value is -1.94. The van der Waals surface area contributed by atoms with Crippen LogP contribution in [0, 0.1) is 0 Å². The van der Waals surface area contributed by atoms with Gasteiger partial charge in [-0.05, 0) is 25.5 Å². The highest BCUT2D eigenvalue weighted by Gasteiger charge is 2.09. The Labute approximate surface area is 132 Å². The van der Waals surface area contributed by atoms with E-state index in [1.54, 1.807) is 4.68 Å². The first-order valence-corrected chi connectivity index (χ1v) is 8.13. The Balaban J connectivity index is 2.36. The van der Waals surface area contributed by atoms with E-state index in [-0.39, 0.29) is 5.56 Å². The smallest absolute Gasteiger partial charge is 0.271 e. The molecule has 4 nitrogen and oxygen atoms in total. The maximum Gasteiger partial charge on any atom is 0.271 e. The normalized spacial score (nSPS) is 10.8. The average molecular weight is 299 g/mol. The van der Waals surface area contributed by atoms with Crippen molar-refractivity contribution in [2.45, 2.75) is 46.2 Å². The van der Waals surface area contributed by atoms with E-state index in [9.17, 15) is 4.79 Å². The van der Waals surface area contributed by atoms with Crippen molar-refractivity contribution >= 4 is 0 Å². The van der Waals surface area contributed by atoms with E-state index in [1.807, 2.05) is 36.4 Å². The molecule has 0 aliphatic heterocycles. The van der Waals surface area contributed by atoms with Gasteiger partial charge in [-0.2, -0.15) is 5.10 Å². The van der Waals surface area contributed by atoms with Crippen LogP contribution in [0.5, 0.6) is 0 Å². The van der Waals surface area contributed by atoms with Crippen LogP contribution in [0.3, 0.4) is 0 Å². The molecule has 0 radical (unpaired) electrons. The molecule has 0 spiro atoms. The number of nitrogens with one attached hydrogen (secondary N) is 1. The van der Waals surface area contributed by atoms with Gasteiger partial charge in [0.15, 0.2) is 0 Å². The Kier molecular flexibility index (Phi) is 6.34. The standard InChI is InChI=1S/C18H25N3O/c1-3-5-12-21-18(22)16(14-19-11-4-2)13-17(20-21)15-9-7-6-8-10-15/h6-10,13,19H,3-5,11-12,14H2,1-2H3. The zero-order valence-electron chi connectivity index (χ0n) is 13.5. The van der Waals surface area contributed by atoms with Crippen LogP contribution in [-0.2, 0) is 13.1 Å². The molecular formula is C18H25N3O. The van der Waals surface area contributed by atoms with Gasteiger partial charge in [0.1, 0.15) is 0 Å². The Morgan fingerprint density at radius 1 is 1.14 bits per heavy atom. The SMILES string of the molecule is CCCCn1nc(-c2ccccc2)cc(CNCCC)c1=O. The molecule has 0 amide bonds. The Morgan fingerprint density at radius 2 is 1.91 bits per heavy atom. The second-order valence-corrected chi connectivity index (χ2v) is 5.48. The molecule has 2 rings (SSSR count). The summed E-state index contributed by atoms with van der Waals surface area (Å²) in [6, 6.07) is 11.9. The number of rotatable bonds is 8. The number of unbranched alkanes of at least 4 members (excludes halogenated alkanes) is 1. The van der Waals surface area contributed by atoms with Crippen LogP contribution in [0.4, 0.5) is 0 Å². The highest BCUT2D eigenvalue weighted by molar-refractivity contribution is 5.58. The van der Waals surface area contributed by atoms with E-state index >= 15 is 0 Å². The fourth-order valence-corrected chi connectivity index (χ4v) is 2.33. The number of hydrogen-bond acceptors (Lipinski definition) is 3. The number of benzene rings is 1. The highest BCUT2D eigenvalue weighted by Crippen LogP contribution is 2.16. The van der Waals surface area contributed by atoms with Crippen LogP contribution < -0.4 is 10.9 Å². The average Bonchev–Trinajstić information content (AvgIpc) is 2.56. The zero-order chi connectivity index (χ0) is 15.8. The fourth-order valence-electron chi connectivity index (χ4n) is 2.33. The van der Waals surface area contributed by atoms with Gasteiger partial charge in [-0.15, -0.1) is 0 Å². The molecule has 1 aromatic heterocycles. The molecule has 0 saturated heterocycles. The topological polar surface area (TPSA) is 46.9 Å². The minimum atomic E-state index is 0.0248. The molecule has 0 aliphatic carbocycles. The summed E-state index contributed by atoms with van der Waals surface area (Å²) in [7, 11) is 0. The van der Waals surface area contributed by atoms with Crippen LogP contribution in [0.1, 0.15) is 38.7 Å². The molecule has 0 atom stereocenters. The van der Waals surface area contributed by atoms with Gasteiger partial charge in [0.25, 0.3) is 5.56 Å². The van der Waals surface area contributed by atoms with Crippen LogP contribution in [-0.4, -0.2) is 16.3 Å². The summed E-state index contributed by atoms with van der Waals surface area (Å²) < 4.78 is 1.62. The lowest BCUT2D eigenvalue weighted by Gasteiger charge is -2.11. The van der Waals surface area contributed by atoms with Gasteiger partial charge in [0.05, 0.1) is 5.69 Å². The summed E-state index contributed by atoms with van der Waals surface area (Å²) in [6.07, 6.45) is 3.07. The molecule has 0 aliphatic rings. The molecule has 22 heavy (non-hydrogen) atoms. The van der Waals surface area contributed by atoms with Gasteiger partial charge >= 0.3 is 0 Å². The summed E-state index contributed by atoms with van der Waals surface area (Å²) in [4.78, 5) is 12.5. The van der Waals surface area contributed by atoms with E-state index in [4.69, 9.17) is 0 Å². The van der Waals surface area contributed by atoms with Gasteiger partial charge in [-0.1, -0.05) is 50.6 Å². The molecule has 0 unspecified atom stereocenters. The monoisotopic (exact) mass is 299 g/mol. The second-order valence-electron chi connectivity index (χ2n) is 5.48. The largest absolute Gasteiger partial charge is 0.312 e. The van der Waals surface area contributed by atoms with Gasteiger partial charge in [-0.25, -0.2) is 4.68 Å². The van der Waals surface area contributed by atoms with Crippen LogP contribution in [0.2, 0.25) is 0 Å². The van der Waals surface area contributed by atoms with Crippen molar-refractivity contribution in [3.8, 4) is 11.3 Å². The van der Waals surface area contributed by atoms with E-state index in [0.29, 0.717) is 13.1 Å². The molecule has 0 bridgehead atoms. The first-order chi connectivity index (χ1) is 10.8. The molecular weight excluding hydrogens is 274 g/mol. The summed E-state index contributed by atoms with van der Waals surface area (Å²) >= 11 is 0. The summed E-state index contributed by atoms with van der Waals surface area (Å²) in [6.45, 7) is 6.43. The number of aryl methyl sites for hydroxylation is 1. The zero-order valence-corrected chi connectivity index (χ0v) is 13.5. The first-order valence-electron chi connectivity index (χ1n) is 8.13. The summed E-state index contributed by atoms with van der Waals surface area (Å²) in [5.74, 6) is 0. The third-order valence-corrected chi connectivity index (χ3v) is 3.58. The van der Waals surface area contributed by atoms with Crippen LogP contribution >= 0.6 is 0 Å². The summed E-state index contributed by atoms with van der Waals surface area (Å²) in [5, 5.41) is 7.86. The minimum Gasteiger partial charge on any atom is -0.312 e. The molecule has 118 valence electrons. The molecule has 2 aromatic rings. The fraction of sp³-hybridized carbons (Fsp3) is 0.444. The predicted octanol–water partition coefficient (Wildman–Crippen LogP) is 3.21. The predicted molar refractivity (Wildman–Crippen MR) is 90.8 cm³/mol. The van der Waals surface area contributed by atoms with Crippen molar-refractivity contribution < 1.29 is 0 Å². The third-order valence-electron chi connectivity index (χ3n) is 3.58. The van der Waals surface area contributed by atoms with Gasteiger partial charge in [0, 0.05) is 24.2 Å². The maximum absolute atomic E-state index is 12.5. The Bertz CT molecular complexity index is 635. The quantitative estimate of drug-likeness (QED) is 0.761. The van der Waals surface area contributed by atoms with E-state index in [0.717, 1.165) is 42.6 Å². The molecule has 0 fully saturated rings. The first kappa shape index (κ1) is 16.4. The summed E-state index contributed by atoms with van der Waals surface area (Å²) in [5.41, 5.74) is 2.73. The molecule has 1 N–H and O–H groups in total. The van der Waals surface area contributed by atoms with E-state index in [2.05, 4.69) is 24.3 Å². The molecule has 0 saturated carbocycles. The van der Waals surface area contributed by atoms with Crippen LogP contribution in [0.15, 0.2) is 41.2 Å². The van der Waals surface area contributed by atoms with Crippen LogP contribution in [0.25, 0.3) is 11.3 Å². The van der Waals surface area contributed by atoms with E-state index < -0.39 is 0 Å². The van der Waals surface area contributed by atoms with Gasteiger partial charge in [0.2, 0.25) is 0 Å². The van der Waals surface area contributed by atoms with Crippen molar-refractivity contribution in [1.29, 1.82) is 0 Å². The van der Waals surface area contributed by atoms with Crippen molar-refractivity contribution in [2.75, 3.05) is 6.54 Å². The van der Waals surface area contributed by atoms with Crippen molar-refractivity contribution in [1.82, 2.24) is 15.1 Å². The number of nitrogens with zero attached hydrogens (tertiary/aromatic N) is 2. The molecule has 1 aromatic carbocycles. The Morgan fingerprint density at radius 3 is 2.59 bits per heavy atom. The lowest BCUT2D eigenvalue weighted by molar-refractivity contribution is 0.535. The lowest BCUT2D eigenvalue weighted by atomic mass is 10.1.